The Bertz CT molecular complexity index is 460. The third-order valence-electron chi connectivity index (χ3n) is 2.54. The van der Waals surface area contributed by atoms with Crippen LogP contribution in [0.4, 0.5) is 0 Å². The zero-order chi connectivity index (χ0) is 13.1. The van der Waals surface area contributed by atoms with E-state index < -0.39 is 12.1 Å². The molecule has 1 aromatic rings. The lowest BCUT2D eigenvalue weighted by Gasteiger charge is -2.20. The highest BCUT2D eigenvalue weighted by atomic mass is 35.5. The Labute approximate surface area is 109 Å². The number of esters is 1. The van der Waals surface area contributed by atoms with Crippen molar-refractivity contribution in [3.8, 4) is 5.75 Å². The maximum atomic E-state index is 11.5. The summed E-state index contributed by atoms with van der Waals surface area (Å²) in [6.07, 6.45) is -1.41. The summed E-state index contributed by atoms with van der Waals surface area (Å²) in [6.45, 7) is 2.40. The van der Waals surface area contributed by atoms with E-state index in [9.17, 15) is 9.90 Å². The maximum Gasteiger partial charge on any atom is 0.339 e. The van der Waals surface area contributed by atoms with Gasteiger partial charge in [0.25, 0.3) is 0 Å². The summed E-state index contributed by atoms with van der Waals surface area (Å²) in [7, 11) is 0. The monoisotopic (exact) mass is 272 g/mol. The van der Waals surface area contributed by atoms with Crippen LogP contribution in [0.15, 0.2) is 12.1 Å². The number of rotatable bonds is 3. The van der Waals surface area contributed by atoms with Gasteiger partial charge < -0.3 is 19.3 Å². The molecule has 0 aromatic heterocycles. The highest BCUT2D eigenvalue weighted by molar-refractivity contribution is 6.31. The van der Waals surface area contributed by atoms with E-state index in [4.69, 9.17) is 25.8 Å². The number of fused-ring (bicyclic) bond motifs is 1. The summed E-state index contributed by atoms with van der Waals surface area (Å²) >= 11 is 6.02. The van der Waals surface area contributed by atoms with E-state index in [1.165, 1.54) is 0 Å². The summed E-state index contributed by atoms with van der Waals surface area (Å²) in [6, 6.07) is 3.16. The van der Waals surface area contributed by atoms with Crippen LogP contribution in [0.2, 0.25) is 5.02 Å². The first kappa shape index (κ1) is 13.1. The van der Waals surface area contributed by atoms with Crippen LogP contribution in [-0.2, 0) is 20.9 Å². The highest BCUT2D eigenvalue weighted by Gasteiger charge is 2.24. The van der Waals surface area contributed by atoms with Gasteiger partial charge in [-0.3, -0.25) is 0 Å². The van der Waals surface area contributed by atoms with Gasteiger partial charge in [-0.05, 0) is 19.1 Å². The lowest BCUT2D eigenvalue weighted by atomic mass is 10.1. The fraction of sp³-hybridized carbons (Fsp3) is 0.417. The molecule has 0 radical (unpaired) electrons. The van der Waals surface area contributed by atoms with Crippen LogP contribution in [0, 0.1) is 0 Å². The van der Waals surface area contributed by atoms with Gasteiger partial charge in [-0.1, -0.05) is 11.6 Å². The van der Waals surface area contributed by atoms with Gasteiger partial charge in [0.1, 0.15) is 5.75 Å². The molecule has 0 saturated heterocycles. The molecule has 0 amide bonds. The van der Waals surface area contributed by atoms with Crippen molar-refractivity contribution in [2.75, 3.05) is 13.4 Å². The van der Waals surface area contributed by atoms with E-state index in [-0.39, 0.29) is 24.0 Å². The number of benzene rings is 1. The lowest BCUT2D eigenvalue weighted by molar-refractivity contribution is -0.153. The largest absolute Gasteiger partial charge is 0.467 e. The first-order chi connectivity index (χ1) is 8.63. The van der Waals surface area contributed by atoms with Crippen LogP contribution in [0.1, 0.15) is 24.2 Å². The van der Waals surface area contributed by atoms with Gasteiger partial charge >= 0.3 is 5.97 Å². The Morgan fingerprint density at radius 1 is 1.61 bits per heavy atom. The first-order valence-electron chi connectivity index (χ1n) is 5.51. The van der Waals surface area contributed by atoms with Gasteiger partial charge in [0.2, 0.25) is 0 Å². The van der Waals surface area contributed by atoms with Gasteiger partial charge in [0, 0.05) is 16.1 Å². The third-order valence-corrected chi connectivity index (χ3v) is 2.87. The van der Waals surface area contributed by atoms with E-state index in [0.29, 0.717) is 12.4 Å². The van der Waals surface area contributed by atoms with Crippen molar-refractivity contribution in [3.63, 3.8) is 0 Å². The zero-order valence-electron chi connectivity index (χ0n) is 9.81. The second-order valence-corrected chi connectivity index (χ2v) is 4.15. The average molecular weight is 273 g/mol. The molecular formula is C12H13ClO5. The molecule has 1 aromatic carbocycles. The molecule has 18 heavy (non-hydrogen) atoms. The van der Waals surface area contributed by atoms with Crippen molar-refractivity contribution < 1.29 is 24.1 Å². The standard InChI is InChI=1S/C12H13ClO5/c1-2-17-12(15)11(14)8-4-10-7(3-9(8)13)5-16-6-18-10/h3-4,11,14H,2,5-6H2,1H3. The van der Waals surface area contributed by atoms with E-state index in [2.05, 4.69) is 0 Å². The summed E-state index contributed by atoms with van der Waals surface area (Å²) in [5, 5.41) is 10.1. The number of aliphatic hydroxyl groups excluding tert-OH is 1. The Morgan fingerprint density at radius 3 is 3.11 bits per heavy atom. The Balaban J connectivity index is 2.30. The molecular weight excluding hydrogens is 260 g/mol. The molecule has 0 aliphatic carbocycles. The molecule has 0 spiro atoms. The van der Waals surface area contributed by atoms with Crippen LogP contribution in [-0.4, -0.2) is 24.5 Å². The molecule has 2 rings (SSSR count). The number of carbonyl (C=O) groups excluding carboxylic acids is 1. The maximum absolute atomic E-state index is 11.5. The molecule has 5 nitrogen and oxygen atoms in total. The predicted octanol–water partition coefficient (Wildman–Crippen LogP) is 1.80. The molecule has 1 unspecified atom stereocenters. The second-order valence-electron chi connectivity index (χ2n) is 3.75. The quantitative estimate of drug-likeness (QED) is 0.850. The van der Waals surface area contributed by atoms with E-state index >= 15 is 0 Å². The molecule has 1 heterocycles. The number of ether oxygens (including phenoxy) is 3. The molecule has 1 atom stereocenters. The van der Waals surface area contributed by atoms with Crippen LogP contribution in [0.3, 0.4) is 0 Å². The summed E-state index contributed by atoms with van der Waals surface area (Å²) < 4.78 is 15.1. The van der Waals surface area contributed by atoms with Gasteiger partial charge in [0.05, 0.1) is 13.2 Å². The number of hydrogen-bond donors (Lipinski definition) is 1. The minimum atomic E-state index is -1.41. The van der Waals surface area contributed by atoms with Crippen molar-refractivity contribution in [1.29, 1.82) is 0 Å². The minimum Gasteiger partial charge on any atom is -0.467 e. The Hall–Kier alpha value is -1.30. The minimum absolute atomic E-state index is 0.142. The van der Waals surface area contributed by atoms with E-state index in [0.717, 1.165) is 5.56 Å². The first-order valence-corrected chi connectivity index (χ1v) is 5.88. The topological polar surface area (TPSA) is 65.0 Å². The molecule has 1 aliphatic heterocycles. The number of halogens is 1. The van der Waals surface area contributed by atoms with Gasteiger partial charge in [-0.2, -0.15) is 0 Å². The van der Waals surface area contributed by atoms with E-state index in [1.807, 2.05) is 0 Å². The normalized spacial score (nSPS) is 15.5. The Morgan fingerprint density at radius 2 is 2.39 bits per heavy atom. The van der Waals surface area contributed by atoms with Crippen molar-refractivity contribution in [2.45, 2.75) is 19.6 Å². The van der Waals surface area contributed by atoms with Crippen molar-refractivity contribution >= 4 is 17.6 Å². The molecule has 0 bridgehead atoms. The fourth-order valence-electron chi connectivity index (χ4n) is 1.67. The molecule has 1 N–H and O–H groups in total. The second kappa shape index (κ2) is 5.56. The summed E-state index contributed by atoms with van der Waals surface area (Å²) in [5.74, 6) is -0.171. The molecule has 1 aliphatic rings. The molecule has 98 valence electrons. The number of aliphatic hydroxyl groups is 1. The van der Waals surface area contributed by atoms with Crippen LogP contribution in [0.25, 0.3) is 0 Å². The number of carbonyl (C=O) groups is 1. The van der Waals surface area contributed by atoms with Crippen LogP contribution in [0.5, 0.6) is 5.75 Å². The predicted molar refractivity (Wildman–Crippen MR) is 63.3 cm³/mol. The smallest absolute Gasteiger partial charge is 0.339 e. The lowest BCUT2D eigenvalue weighted by Crippen LogP contribution is -2.17. The SMILES string of the molecule is CCOC(=O)C(O)c1cc2c(cc1Cl)COCO2. The molecule has 6 heteroatoms. The Kier molecular flexibility index (Phi) is 4.06. The highest BCUT2D eigenvalue weighted by Crippen LogP contribution is 2.33. The van der Waals surface area contributed by atoms with Crippen molar-refractivity contribution in [3.05, 3.63) is 28.3 Å². The number of hydrogen-bond acceptors (Lipinski definition) is 5. The third kappa shape index (κ3) is 2.58. The van der Waals surface area contributed by atoms with E-state index in [1.54, 1.807) is 19.1 Å². The summed E-state index contributed by atoms with van der Waals surface area (Å²) in [4.78, 5) is 11.5. The van der Waals surface area contributed by atoms with Gasteiger partial charge in [-0.15, -0.1) is 0 Å². The summed E-state index contributed by atoms with van der Waals surface area (Å²) in [5.41, 5.74) is 1.06. The average Bonchev–Trinajstić information content (AvgIpc) is 2.37. The molecule has 0 fully saturated rings. The zero-order valence-corrected chi connectivity index (χ0v) is 10.6. The van der Waals surface area contributed by atoms with Crippen LogP contribution < -0.4 is 4.74 Å². The van der Waals surface area contributed by atoms with Crippen LogP contribution >= 0.6 is 11.6 Å². The van der Waals surface area contributed by atoms with Crippen molar-refractivity contribution in [2.24, 2.45) is 0 Å². The fourth-order valence-corrected chi connectivity index (χ4v) is 1.96. The molecule has 0 saturated carbocycles. The van der Waals surface area contributed by atoms with Gasteiger partial charge in [-0.25, -0.2) is 4.79 Å². The van der Waals surface area contributed by atoms with Crippen molar-refractivity contribution in [1.82, 2.24) is 0 Å². The van der Waals surface area contributed by atoms with Gasteiger partial charge in [0.15, 0.2) is 12.9 Å².